The van der Waals surface area contributed by atoms with Crippen LogP contribution in [-0.2, 0) is 11.0 Å². The Bertz CT molecular complexity index is 1020. The summed E-state index contributed by atoms with van der Waals surface area (Å²) in [5.74, 6) is -0.560. The summed E-state index contributed by atoms with van der Waals surface area (Å²) in [6.07, 6.45) is -3.58. The van der Waals surface area contributed by atoms with Crippen molar-refractivity contribution in [2.24, 2.45) is 0 Å². The summed E-state index contributed by atoms with van der Waals surface area (Å²) in [6, 6.07) is 9.73. The fraction of sp³-hybridized carbons (Fsp3) is 0.391. The van der Waals surface area contributed by atoms with Gasteiger partial charge in [-0.3, -0.25) is 4.79 Å². The molecule has 2 heterocycles. The summed E-state index contributed by atoms with van der Waals surface area (Å²) >= 11 is 0. The number of carbonyl (C=O) groups is 2. The molecule has 2 aromatic carbocycles. The summed E-state index contributed by atoms with van der Waals surface area (Å²) in [5, 5.41) is 2.33. The Labute approximate surface area is 188 Å². The molecule has 0 saturated carbocycles. The van der Waals surface area contributed by atoms with Crippen molar-refractivity contribution in [1.29, 1.82) is 0 Å². The topological polar surface area (TPSA) is 55.9 Å². The number of carbonyl (C=O) groups excluding carboxylic acids is 2. The van der Waals surface area contributed by atoms with Crippen LogP contribution in [0.5, 0.6) is 0 Å². The highest BCUT2D eigenvalue weighted by Crippen LogP contribution is 2.35. The van der Waals surface area contributed by atoms with Gasteiger partial charge in [0.25, 0.3) is 0 Å². The molecule has 0 aromatic heterocycles. The number of halogens is 4. The number of hydrogen-bond acceptors (Lipinski definition) is 3. The van der Waals surface area contributed by atoms with E-state index in [2.05, 4.69) is 5.32 Å². The van der Waals surface area contributed by atoms with Crippen LogP contribution in [0.3, 0.4) is 0 Å². The predicted molar refractivity (Wildman–Crippen MR) is 115 cm³/mol. The van der Waals surface area contributed by atoms with Crippen molar-refractivity contribution in [2.45, 2.75) is 25.1 Å². The summed E-state index contributed by atoms with van der Waals surface area (Å²) in [7, 11) is 0. The minimum Gasteiger partial charge on any atom is -0.366 e. The molecule has 3 amide bonds. The van der Waals surface area contributed by atoms with E-state index in [1.165, 1.54) is 29.2 Å². The molecule has 33 heavy (non-hydrogen) atoms. The second-order valence-corrected chi connectivity index (χ2v) is 8.09. The van der Waals surface area contributed by atoms with Crippen LogP contribution < -0.4 is 10.2 Å². The Morgan fingerprint density at radius 1 is 0.909 bits per heavy atom. The molecule has 2 saturated heterocycles. The van der Waals surface area contributed by atoms with Crippen LogP contribution in [0, 0.1) is 5.82 Å². The molecular weight excluding hydrogens is 440 g/mol. The molecule has 0 spiro atoms. The van der Waals surface area contributed by atoms with Gasteiger partial charge in [-0.2, -0.15) is 13.2 Å². The van der Waals surface area contributed by atoms with Gasteiger partial charge in [0.05, 0.1) is 16.9 Å². The van der Waals surface area contributed by atoms with Crippen molar-refractivity contribution in [3.05, 3.63) is 59.9 Å². The van der Waals surface area contributed by atoms with Gasteiger partial charge in [-0.1, -0.05) is 24.3 Å². The lowest BCUT2D eigenvalue weighted by atomic mass is 10.1. The molecule has 176 valence electrons. The lowest BCUT2D eigenvalue weighted by Gasteiger charge is -2.38. The number of likely N-dealkylation sites (tertiary alicyclic amines) is 1. The van der Waals surface area contributed by atoms with Gasteiger partial charge in [0.15, 0.2) is 0 Å². The van der Waals surface area contributed by atoms with E-state index in [1.54, 1.807) is 23.1 Å². The van der Waals surface area contributed by atoms with Gasteiger partial charge in [-0.05, 0) is 37.1 Å². The van der Waals surface area contributed by atoms with Crippen molar-refractivity contribution in [2.75, 3.05) is 42.9 Å². The Kier molecular flexibility index (Phi) is 6.44. The lowest BCUT2D eigenvalue weighted by Crippen LogP contribution is -2.55. The SMILES string of the molecule is O=C(C1CCCN1C(=O)Nc1ccccc1C(F)(F)F)N1CCN(c2ccccc2F)CC1. The number of amides is 3. The van der Waals surface area contributed by atoms with Crippen LogP contribution >= 0.6 is 0 Å². The zero-order valence-corrected chi connectivity index (χ0v) is 17.8. The van der Waals surface area contributed by atoms with Crippen LogP contribution in [0.2, 0.25) is 0 Å². The highest BCUT2D eigenvalue weighted by atomic mass is 19.4. The average Bonchev–Trinajstić information content (AvgIpc) is 3.29. The zero-order chi connectivity index (χ0) is 23.6. The van der Waals surface area contributed by atoms with E-state index in [0.717, 1.165) is 6.07 Å². The van der Waals surface area contributed by atoms with E-state index < -0.39 is 23.8 Å². The minimum absolute atomic E-state index is 0.236. The van der Waals surface area contributed by atoms with Crippen LogP contribution in [0.15, 0.2) is 48.5 Å². The maximum Gasteiger partial charge on any atom is 0.418 e. The van der Waals surface area contributed by atoms with Gasteiger partial charge in [-0.15, -0.1) is 0 Å². The highest BCUT2D eigenvalue weighted by Gasteiger charge is 2.39. The van der Waals surface area contributed by atoms with Crippen LogP contribution in [0.25, 0.3) is 0 Å². The molecule has 2 aliphatic heterocycles. The van der Waals surface area contributed by atoms with Crippen molar-refractivity contribution < 1.29 is 27.2 Å². The third-order valence-corrected chi connectivity index (χ3v) is 6.06. The number of piperazine rings is 1. The second-order valence-electron chi connectivity index (χ2n) is 8.09. The monoisotopic (exact) mass is 464 g/mol. The van der Waals surface area contributed by atoms with E-state index >= 15 is 0 Å². The zero-order valence-electron chi connectivity index (χ0n) is 17.8. The normalized spacial score (nSPS) is 19.0. The van der Waals surface area contributed by atoms with Crippen LogP contribution in [-0.4, -0.2) is 60.5 Å². The largest absolute Gasteiger partial charge is 0.418 e. The fourth-order valence-corrected chi connectivity index (χ4v) is 4.38. The van der Waals surface area contributed by atoms with Crippen molar-refractivity contribution in [3.8, 4) is 0 Å². The average molecular weight is 464 g/mol. The molecular formula is C23H24F4N4O2. The molecule has 10 heteroatoms. The summed E-state index contributed by atoms with van der Waals surface area (Å²) < 4.78 is 53.8. The van der Waals surface area contributed by atoms with Gasteiger partial charge in [0.2, 0.25) is 5.91 Å². The Hall–Kier alpha value is -3.30. The third kappa shape index (κ3) is 4.89. The van der Waals surface area contributed by atoms with Crippen LogP contribution in [0.4, 0.5) is 33.7 Å². The molecule has 1 N–H and O–H groups in total. The number of urea groups is 1. The van der Waals surface area contributed by atoms with Crippen molar-refractivity contribution in [1.82, 2.24) is 9.80 Å². The first-order chi connectivity index (χ1) is 15.8. The molecule has 2 aromatic rings. The van der Waals surface area contributed by atoms with Crippen molar-refractivity contribution in [3.63, 3.8) is 0 Å². The van der Waals surface area contributed by atoms with E-state index in [4.69, 9.17) is 0 Å². The number of benzene rings is 2. The second kappa shape index (κ2) is 9.29. The minimum atomic E-state index is -4.61. The number of rotatable bonds is 3. The number of alkyl halides is 3. The van der Waals surface area contributed by atoms with E-state index in [-0.39, 0.29) is 24.0 Å². The van der Waals surface area contributed by atoms with E-state index in [0.29, 0.717) is 44.7 Å². The van der Waals surface area contributed by atoms with Gasteiger partial charge in [-0.25, -0.2) is 9.18 Å². The van der Waals surface area contributed by atoms with Gasteiger partial charge in [0.1, 0.15) is 11.9 Å². The quantitative estimate of drug-likeness (QED) is 0.694. The van der Waals surface area contributed by atoms with Gasteiger partial charge in [0, 0.05) is 32.7 Å². The van der Waals surface area contributed by atoms with Crippen molar-refractivity contribution >= 4 is 23.3 Å². The first-order valence-corrected chi connectivity index (χ1v) is 10.8. The number of para-hydroxylation sites is 2. The maximum atomic E-state index is 14.1. The Morgan fingerprint density at radius 3 is 2.27 bits per heavy atom. The molecule has 0 aliphatic carbocycles. The molecule has 1 atom stereocenters. The summed E-state index contributed by atoms with van der Waals surface area (Å²) in [6.45, 7) is 1.92. The molecule has 2 aliphatic rings. The van der Waals surface area contributed by atoms with Gasteiger partial charge >= 0.3 is 12.2 Å². The summed E-state index contributed by atoms with van der Waals surface area (Å²) in [4.78, 5) is 30.7. The summed E-state index contributed by atoms with van der Waals surface area (Å²) in [5.41, 5.74) is -0.800. The maximum absolute atomic E-state index is 14.1. The standard InChI is InChI=1S/C23H24F4N4O2/c24-17-7-2-4-9-19(17)29-12-14-30(15-13-29)21(32)20-10-5-11-31(20)22(33)28-18-8-3-1-6-16(18)23(25,26)27/h1-4,6-9,20H,5,10-15H2,(H,28,33). The molecule has 0 bridgehead atoms. The predicted octanol–water partition coefficient (Wildman–Crippen LogP) is 4.19. The highest BCUT2D eigenvalue weighted by molar-refractivity contribution is 5.95. The number of nitrogens with zero attached hydrogens (tertiary/aromatic N) is 3. The lowest BCUT2D eigenvalue weighted by molar-refractivity contribution is -0.137. The van der Waals surface area contributed by atoms with E-state index in [9.17, 15) is 27.2 Å². The number of hydrogen-bond donors (Lipinski definition) is 1. The Balaban J connectivity index is 1.40. The first-order valence-electron chi connectivity index (χ1n) is 10.8. The fourth-order valence-electron chi connectivity index (χ4n) is 4.38. The van der Waals surface area contributed by atoms with E-state index in [1.807, 2.05) is 4.90 Å². The molecule has 1 unspecified atom stereocenters. The Morgan fingerprint density at radius 2 is 1.58 bits per heavy atom. The van der Waals surface area contributed by atoms with Gasteiger partial charge < -0.3 is 20.0 Å². The molecule has 6 nitrogen and oxygen atoms in total. The number of anilines is 2. The molecule has 4 rings (SSSR count). The number of nitrogens with one attached hydrogen (secondary N) is 1. The third-order valence-electron chi connectivity index (χ3n) is 6.06. The molecule has 0 radical (unpaired) electrons. The smallest absolute Gasteiger partial charge is 0.366 e. The molecule has 2 fully saturated rings. The first kappa shape index (κ1) is 22.9. The van der Waals surface area contributed by atoms with Crippen LogP contribution in [0.1, 0.15) is 18.4 Å².